The summed E-state index contributed by atoms with van der Waals surface area (Å²) in [4.78, 5) is 1.64. The summed E-state index contributed by atoms with van der Waals surface area (Å²) in [5.74, 6) is -3.74. The van der Waals surface area contributed by atoms with E-state index in [1.165, 1.54) is 12.1 Å². The molecule has 2 aliphatic rings. The van der Waals surface area contributed by atoms with Gasteiger partial charge in [0.2, 0.25) is 0 Å². The quantitative estimate of drug-likeness (QED) is 0.837. The third kappa shape index (κ3) is 3.83. The number of halogens is 3. The predicted molar refractivity (Wildman–Crippen MR) is 97.2 cm³/mol. The lowest BCUT2D eigenvalue weighted by molar-refractivity contribution is -0.00149. The molecule has 144 valence electrons. The smallest absolute Gasteiger partial charge is 0.316 e. The van der Waals surface area contributed by atoms with E-state index in [1.54, 1.807) is 6.08 Å². The number of anilines is 1. The first kappa shape index (κ1) is 19.4. The third-order valence-corrected chi connectivity index (χ3v) is 6.58. The van der Waals surface area contributed by atoms with Gasteiger partial charge in [-0.15, -0.1) is 0 Å². The first-order valence-electron chi connectivity index (χ1n) is 8.86. The minimum atomic E-state index is -3.11. The summed E-state index contributed by atoms with van der Waals surface area (Å²) >= 11 is 0. The Labute approximate surface area is 154 Å². The standard InChI is InChI=1S/C19H24F3NO2S/c1-19(2,24)13-5-7-14(8-6-13)23-9-3-4-12-10-15(20)17(11-16(12)23)26(25)18(21)22/h3-4,10-11,13-14,18,24H,5-9H2,1-2H3. The molecule has 1 atom stereocenters. The zero-order valence-electron chi connectivity index (χ0n) is 14.9. The molecule has 0 bridgehead atoms. The summed E-state index contributed by atoms with van der Waals surface area (Å²) < 4.78 is 51.5. The monoisotopic (exact) mass is 387 g/mol. The molecule has 1 saturated carbocycles. The Hall–Kier alpha value is -1.34. The Morgan fingerprint density at radius 3 is 2.46 bits per heavy atom. The maximum Gasteiger partial charge on any atom is 0.316 e. The van der Waals surface area contributed by atoms with Crippen molar-refractivity contribution >= 4 is 22.6 Å². The van der Waals surface area contributed by atoms with Crippen LogP contribution in [0.2, 0.25) is 0 Å². The van der Waals surface area contributed by atoms with Crippen molar-refractivity contribution in [1.29, 1.82) is 0 Å². The van der Waals surface area contributed by atoms with Crippen molar-refractivity contribution in [2.24, 2.45) is 5.92 Å². The number of nitrogens with zero attached hydrogens (tertiary/aromatic N) is 1. The molecular formula is C19H24F3NO2S. The summed E-state index contributed by atoms with van der Waals surface area (Å²) in [5.41, 5.74) is 0.563. The molecule has 1 fully saturated rings. The highest BCUT2D eigenvalue weighted by atomic mass is 32.2. The van der Waals surface area contributed by atoms with Gasteiger partial charge in [0, 0.05) is 23.8 Å². The second-order valence-electron chi connectivity index (χ2n) is 7.61. The van der Waals surface area contributed by atoms with Gasteiger partial charge in [-0.1, -0.05) is 12.2 Å². The van der Waals surface area contributed by atoms with E-state index in [-0.39, 0.29) is 12.0 Å². The summed E-state index contributed by atoms with van der Waals surface area (Å²) in [5, 5.41) is 10.2. The van der Waals surface area contributed by atoms with E-state index in [1.807, 2.05) is 19.9 Å². The molecule has 0 amide bonds. The van der Waals surface area contributed by atoms with Gasteiger partial charge in [0.1, 0.15) is 16.6 Å². The topological polar surface area (TPSA) is 40.5 Å². The van der Waals surface area contributed by atoms with Gasteiger partial charge in [0.05, 0.1) is 10.5 Å². The van der Waals surface area contributed by atoms with Crippen LogP contribution < -0.4 is 4.90 Å². The maximum atomic E-state index is 14.1. The SMILES string of the molecule is CC(C)(O)C1CCC(N2CC=Cc3cc(F)c(S(=O)C(F)F)cc32)CC1. The van der Waals surface area contributed by atoms with Crippen LogP contribution in [-0.4, -0.2) is 33.3 Å². The van der Waals surface area contributed by atoms with Gasteiger partial charge in [-0.25, -0.2) is 8.60 Å². The summed E-state index contributed by atoms with van der Waals surface area (Å²) in [6, 6.07) is 2.70. The first-order chi connectivity index (χ1) is 12.2. The summed E-state index contributed by atoms with van der Waals surface area (Å²) in [6.07, 6.45) is 7.18. The molecule has 7 heteroatoms. The number of fused-ring (bicyclic) bond motifs is 1. The number of benzene rings is 1. The molecule has 1 aromatic rings. The molecule has 1 aliphatic heterocycles. The van der Waals surface area contributed by atoms with Crippen LogP contribution in [0, 0.1) is 11.7 Å². The lowest BCUT2D eigenvalue weighted by Crippen LogP contribution is -2.43. The van der Waals surface area contributed by atoms with Crippen molar-refractivity contribution in [2.45, 2.75) is 61.8 Å². The number of rotatable bonds is 4. The minimum Gasteiger partial charge on any atom is -0.390 e. The lowest BCUT2D eigenvalue weighted by Gasteiger charge is -2.42. The number of alkyl halides is 2. The Morgan fingerprint density at radius 2 is 1.88 bits per heavy atom. The Balaban J connectivity index is 1.86. The van der Waals surface area contributed by atoms with Gasteiger partial charge in [-0.3, -0.25) is 0 Å². The van der Waals surface area contributed by atoms with E-state index in [9.17, 15) is 22.5 Å². The van der Waals surface area contributed by atoms with Crippen LogP contribution in [0.15, 0.2) is 23.1 Å². The molecule has 1 aromatic carbocycles. The van der Waals surface area contributed by atoms with Gasteiger partial charge in [-0.2, -0.15) is 8.78 Å². The zero-order valence-corrected chi connectivity index (χ0v) is 15.7. The third-order valence-electron chi connectivity index (χ3n) is 5.51. The molecular weight excluding hydrogens is 363 g/mol. The van der Waals surface area contributed by atoms with Crippen molar-refractivity contribution in [3.05, 3.63) is 29.6 Å². The summed E-state index contributed by atoms with van der Waals surface area (Å²) in [7, 11) is -2.67. The van der Waals surface area contributed by atoms with Crippen LogP contribution in [-0.2, 0) is 10.8 Å². The predicted octanol–water partition coefficient (Wildman–Crippen LogP) is 4.32. The molecule has 3 nitrogen and oxygen atoms in total. The fourth-order valence-corrected chi connectivity index (χ4v) is 4.69. The van der Waals surface area contributed by atoms with Gasteiger partial charge < -0.3 is 10.0 Å². The molecule has 1 aliphatic carbocycles. The highest BCUT2D eigenvalue weighted by Crippen LogP contribution is 2.39. The number of hydrogen-bond acceptors (Lipinski definition) is 3. The van der Waals surface area contributed by atoms with E-state index in [0.717, 1.165) is 25.7 Å². The fraction of sp³-hybridized carbons (Fsp3) is 0.579. The van der Waals surface area contributed by atoms with E-state index >= 15 is 0 Å². The largest absolute Gasteiger partial charge is 0.390 e. The molecule has 0 radical (unpaired) electrons. The van der Waals surface area contributed by atoms with E-state index in [0.29, 0.717) is 17.8 Å². The van der Waals surface area contributed by atoms with Crippen LogP contribution in [0.5, 0.6) is 0 Å². The Kier molecular flexibility index (Phi) is 5.49. The maximum absolute atomic E-state index is 14.1. The molecule has 1 unspecified atom stereocenters. The Bertz CT molecular complexity index is 722. The molecule has 0 aromatic heterocycles. The average molecular weight is 387 g/mol. The van der Waals surface area contributed by atoms with Gasteiger partial charge in [0.15, 0.2) is 0 Å². The van der Waals surface area contributed by atoms with Crippen molar-refractivity contribution in [3.8, 4) is 0 Å². The number of hydrogen-bond donors (Lipinski definition) is 1. The van der Waals surface area contributed by atoms with Gasteiger partial charge in [-0.05, 0) is 57.6 Å². The van der Waals surface area contributed by atoms with Crippen LogP contribution >= 0.6 is 0 Å². The lowest BCUT2D eigenvalue weighted by atomic mass is 9.76. The van der Waals surface area contributed by atoms with Crippen molar-refractivity contribution < 1.29 is 22.5 Å². The first-order valence-corrected chi connectivity index (χ1v) is 10.1. The highest BCUT2D eigenvalue weighted by molar-refractivity contribution is 7.85. The Morgan fingerprint density at radius 1 is 1.23 bits per heavy atom. The molecule has 0 spiro atoms. The number of aliphatic hydroxyl groups is 1. The second-order valence-corrected chi connectivity index (χ2v) is 9.00. The van der Waals surface area contributed by atoms with Crippen LogP contribution in [0.25, 0.3) is 6.08 Å². The van der Waals surface area contributed by atoms with Crippen LogP contribution in [0.3, 0.4) is 0 Å². The summed E-state index contributed by atoms with van der Waals surface area (Å²) in [6.45, 7) is 4.26. The van der Waals surface area contributed by atoms with Crippen LogP contribution in [0.4, 0.5) is 18.9 Å². The van der Waals surface area contributed by atoms with Crippen molar-refractivity contribution in [1.82, 2.24) is 0 Å². The van der Waals surface area contributed by atoms with Gasteiger partial charge >= 0.3 is 5.76 Å². The van der Waals surface area contributed by atoms with E-state index in [2.05, 4.69) is 4.90 Å². The normalized spacial score (nSPS) is 24.7. The molecule has 26 heavy (non-hydrogen) atoms. The zero-order chi connectivity index (χ0) is 19.1. The molecule has 1 N–H and O–H groups in total. The second kappa shape index (κ2) is 7.35. The van der Waals surface area contributed by atoms with Crippen LogP contribution in [0.1, 0.15) is 45.1 Å². The van der Waals surface area contributed by atoms with Crippen molar-refractivity contribution in [3.63, 3.8) is 0 Å². The van der Waals surface area contributed by atoms with E-state index < -0.39 is 32.9 Å². The van der Waals surface area contributed by atoms with Crippen molar-refractivity contribution in [2.75, 3.05) is 11.4 Å². The molecule has 1 heterocycles. The molecule has 3 rings (SSSR count). The average Bonchev–Trinajstić information content (AvgIpc) is 2.59. The highest BCUT2D eigenvalue weighted by Gasteiger charge is 2.34. The van der Waals surface area contributed by atoms with Gasteiger partial charge in [0.25, 0.3) is 0 Å². The molecule has 0 saturated heterocycles. The van der Waals surface area contributed by atoms with E-state index in [4.69, 9.17) is 0 Å². The fourth-order valence-electron chi connectivity index (χ4n) is 4.02. The minimum absolute atomic E-state index is 0.190.